The van der Waals surface area contributed by atoms with Gasteiger partial charge >= 0.3 is 0 Å². The van der Waals surface area contributed by atoms with Gasteiger partial charge in [0.25, 0.3) is 0 Å². The number of methoxy groups -OCH3 is 1. The van der Waals surface area contributed by atoms with E-state index in [9.17, 15) is 4.79 Å². The molecule has 0 saturated carbocycles. The van der Waals surface area contributed by atoms with Crippen LogP contribution in [0, 0.1) is 0 Å². The van der Waals surface area contributed by atoms with E-state index in [2.05, 4.69) is 5.32 Å². The second kappa shape index (κ2) is 20.8. The van der Waals surface area contributed by atoms with Gasteiger partial charge in [0.05, 0.1) is 7.11 Å². The molecule has 0 atom stereocenters. The number of benzene rings is 1. The van der Waals surface area contributed by atoms with E-state index in [1.165, 1.54) is 0 Å². The Morgan fingerprint density at radius 2 is 1.44 bits per heavy atom. The van der Waals surface area contributed by atoms with Crippen LogP contribution in [0.4, 0.5) is 0 Å². The molecule has 3 nitrogen and oxygen atoms in total. The molecule has 106 valence electrons. The van der Waals surface area contributed by atoms with Crippen molar-refractivity contribution in [2.45, 2.75) is 48.1 Å². The Labute approximate surface area is 113 Å². The van der Waals surface area contributed by atoms with Crippen LogP contribution in [0.5, 0.6) is 5.75 Å². The molecule has 0 aliphatic heterocycles. The van der Waals surface area contributed by atoms with Gasteiger partial charge in [0.15, 0.2) is 0 Å². The summed E-state index contributed by atoms with van der Waals surface area (Å²) in [7, 11) is 1.62. The molecule has 1 rings (SSSR count). The summed E-state index contributed by atoms with van der Waals surface area (Å²) >= 11 is 0. The fourth-order valence-corrected chi connectivity index (χ4v) is 0.903. The predicted molar refractivity (Wildman–Crippen MR) is 79.9 cm³/mol. The molecule has 1 N–H and O–H groups in total. The van der Waals surface area contributed by atoms with Gasteiger partial charge in [-0.25, -0.2) is 0 Å². The van der Waals surface area contributed by atoms with Gasteiger partial charge in [-0.1, -0.05) is 53.7 Å². The van der Waals surface area contributed by atoms with Crippen LogP contribution in [0.25, 0.3) is 0 Å². The Kier molecular flexibility index (Phi) is 25.2. The molecule has 0 fully saturated rings. The van der Waals surface area contributed by atoms with Crippen molar-refractivity contribution in [3.63, 3.8) is 0 Å². The normalized spacial score (nSPS) is 7.06. The van der Waals surface area contributed by atoms with Gasteiger partial charge in [-0.15, -0.1) is 0 Å². The molecule has 1 amide bonds. The first-order valence-corrected chi connectivity index (χ1v) is 6.67. The summed E-state index contributed by atoms with van der Waals surface area (Å²) in [6.07, 6.45) is 0.685. The highest BCUT2D eigenvalue weighted by molar-refractivity contribution is 5.46. The summed E-state index contributed by atoms with van der Waals surface area (Å²) < 4.78 is 4.98. The third-order valence-corrected chi connectivity index (χ3v) is 1.55. The van der Waals surface area contributed by atoms with E-state index in [0.717, 1.165) is 11.3 Å². The molecule has 0 unspecified atom stereocenters. The third kappa shape index (κ3) is 12.6. The molecule has 1 aromatic rings. The Balaban J connectivity index is -0.000000328. The summed E-state index contributed by atoms with van der Waals surface area (Å²) in [5, 5.41) is 2.58. The molecule has 0 spiro atoms. The molecular weight excluding hydrogens is 226 g/mol. The monoisotopic (exact) mass is 255 g/mol. The van der Waals surface area contributed by atoms with Crippen molar-refractivity contribution < 1.29 is 9.53 Å². The van der Waals surface area contributed by atoms with Crippen LogP contribution in [-0.2, 0) is 11.3 Å². The minimum absolute atomic E-state index is 0.563. The Morgan fingerprint density at radius 3 is 1.78 bits per heavy atom. The number of hydrogen-bond donors (Lipinski definition) is 1. The minimum Gasteiger partial charge on any atom is -0.497 e. The van der Waals surface area contributed by atoms with Gasteiger partial charge in [-0.3, -0.25) is 4.79 Å². The number of nitrogens with one attached hydrogen (secondary N) is 1. The van der Waals surface area contributed by atoms with Crippen molar-refractivity contribution in [2.75, 3.05) is 7.11 Å². The molecule has 0 heterocycles. The van der Waals surface area contributed by atoms with E-state index in [-0.39, 0.29) is 0 Å². The van der Waals surface area contributed by atoms with Crippen LogP contribution in [0.1, 0.15) is 47.1 Å². The van der Waals surface area contributed by atoms with Gasteiger partial charge in [0, 0.05) is 6.54 Å². The lowest BCUT2D eigenvalue weighted by Gasteiger charge is -2.01. The summed E-state index contributed by atoms with van der Waals surface area (Å²) in [6.45, 7) is 12.6. The fraction of sp³-hybridized carbons (Fsp3) is 0.533. The van der Waals surface area contributed by atoms with Crippen LogP contribution >= 0.6 is 0 Å². The second-order valence-electron chi connectivity index (χ2n) is 2.35. The predicted octanol–water partition coefficient (Wildman–Crippen LogP) is 4.02. The maximum absolute atomic E-state index is 9.97. The van der Waals surface area contributed by atoms with Crippen LogP contribution in [0.2, 0.25) is 0 Å². The topological polar surface area (TPSA) is 38.3 Å². The molecule has 0 saturated heterocycles. The second-order valence-corrected chi connectivity index (χ2v) is 2.35. The van der Waals surface area contributed by atoms with E-state index < -0.39 is 0 Å². The largest absolute Gasteiger partial charge is 0.497 e. The van der Waals surface area contributed by atoms with Crippen LogP contribution < -0.4 is 10.1 Å². The van der Waals surface area contributed by atoms with E-state index in [1.54, 1.807) is 7.11 Å². The van der Waals surface area contributed by atoms with Crippen molar-refractivity contribution >= 4 is 6.41 Å². The van der Waals surface area contributed by atoms with Crippen molar-refractivity contribution in [3.8, 4) is 5.75 Å². The summed E-state index contributed by atoms with van der Waals surface area (Å²) in [5.41, 5.74) is 1.06. The first kappa shape index (κ1) is 21.7. The first-order valence-electron chi connectivity index (χ1n) is 6.67. The smallest absolute Gasteiger partial charge is 0.207 e. The summed E-state index contributed by atoms with van der Waals surface area (Å²) in [5.74, 6) is 0.824. The fourth-order valence-electron chi connectivity index (χ4n) is 0.903. The SMILES string of the molecule is CC.CC.CC.COc1ccc(CNC=O)cc1. The summed E-state index contributed by atoms with van der Waals surface area (Å²) in [4.78, 5) is 9.97. The highest BCUT2D eigenvalue weighted by Gasteiger charge is 1.91. The van der Waals surface area contributed by atoms with E-state index in [4.69, 9.17) is 4.74 Å². The molecule has 0 aromatic heterocycles. The maximum Gasteiger partial charge on any atom is 0.207 e. The number of amides is 1. The standard InChI is InChI=1S/C9H11NO2.3C2H6/c1-12-9-4-2-8(3-5-9)6-10-7-11;3*1-2/h2-5,7H,6H2,1H3,(H,10,11);3*1-2H3. The molecule has 0 bridgehead atoms. The zero-order valence-corrected chi connectivity index (χ0v) is 12.9. The van der Waals surface area contributed by atoms with Crippen molar-refractivity contribution in [1.82, 2.24) is 5.32 Å². The lowest BCUT2D eigenvalue weighted by molar-refractivity contribution is -0.109. The van der Waals surface area contributed by atoms with Crippen LogP contribution in [-0.4, -0.2) is 13.5 Å². The van der Waals surface area contributed by atoms with Crippen LogP contribution in [0.15, 0.2) is 24.3 Å². The van der Waals surface area contributed by atoms with E-state index in [1.807, 2.05) is 65.8 Å². The Hall–Kier alpha value is -1.51. The van der Waals surface area contributed by atoms with E-state index in [0.29, 0.717) is 13.0 Å². The molecular formula is C15H29NO2. The third-order valence-electron chi connectivity index (χ3n) is 1.55. The van der Waals surface area contributed by atoms with Crippen LogP contribution in [0.3, 0.4) is 0 Å². The number of carbonyl (C=O) groups is 1. The molecule has 0 aliphatic carbocycles. The first-order chi connectivity index (χ1) is 8.86. The van der Waals surface area contributed by atoms with E-state index >= 15 is 0 Å². The van der Waals surface area contributed by atoms with Crippen molar-refractivity contribution in [2.24, 2.45) is 0 Å². The van der Waals surface area contributed by atoms with Crippen molar-refractivity contribution in [3.05, 3.63) is 29.8 Å². The maximum atomic E-state index is 9.97. The Bertz CT molecular complexity index is 245. The van der Waals surface area contributed by atoms with Gasteiger partial charge in [0.1, 0.15) is 5.75 Å². The zero-order valence-electron chi connectivity index (χ0n) is 12.9. The van der Waals surface area contributed by atoms with Gasteiger partial charge in [0.2, 0.25) is 6.41 Å². The number of hydrogen-bond acceptors (Lipinski definition) is 2. The minimum atomic E-state index is 0.563. The van der Waals surface area contributed by atoms with Gasteiger partial charge < -0.3 is 10.1 Å². The molecule has 18 heavy (non-hydrogen) atoms. The summed E-state index contributed by atoms with van der Waals surface area (Å²) in [6, 6.07) is 7.55. The highest BCUT2D eigenvalue weighted by atomic mass is 16.5. The Morgan fingerprint density at radius 1 is 1.00 bits per heavy atom. The lowest BCUT2D eigenvalue weighted by atomic mass is 10.2. The molecule has 0 radical (unpaired) electrons. The quantitative estimate of drug-likeness (QED) is 0.825. The number of ether oxygens (including phenoxy) is 1. The van der Waals surface area contributed by atoms with Gasteiger partial charge in [-0.05, 0) is 17.7 Å². The average molecular weight is 255 g/mol. The molecule has 1 aromatic carbocycles. The van der Waals surface area contributed by atoms with Gasteiger partial charge in [-0.2, -0.15) is 0 Å². The lowest BCUT2D eigenvalue weighted by Crippen LogP contribution is -2.09. The number of rotatable bonds is 4. The highest BCUT2D eigenvalue weighted by Crippen LogP contribution is 2.10. The zero-order chi connectivity index (χ0) is 14.8. The molecule has 3 heteroatoms. The molecule has 0 aliphatic rings. The average Bonchev–Trinajstić information content (AvgIpc) is 2.51. The number of carbonyl (C=O) groups excluding carboxylic acids is 1. The van der Waals surface area contributed by atoms with Crippen molar-refractivity contribution in [1.29, 1.82) is 0 Å².